The predicted molar refractivity (Wildman–Crippen MR) is 108 cm³/mol. The number of carbonyl (C=O) groups excluding carboxylic acids is 3. The number of amides is 2. The number of benzene rings is 1. The molecule has 1 saturated heterocycles. The molecule has 0 N–H and O–H groups in total. The van der Waals surface area contributed by atoms with Gasteiger partial charge in [0.2, 0.25) is 0 Å². The van der Waals surface area contributed by atoms with Crippen LogP contribution in [0.5, 0.6) is 0 Å². The number of thioether (sulfide) groups is 1. The lowest BCUT2D eigenvalue weighted by atomic mass is 10.1. The van der Waals surface area contributed by atoms with Gasteiger partial charge in [0.15, 0.2) is 0 Å². The SMILES string of the molecule is CCOC(=O)Cn1cc(/C=C2/SC(=O)N(CCCOC)C2=O)c2ccccc21. The van der Waals surface area contributed by atoms with E-state index in [1.165, 1.54) is 4.90 Å². The molecule has 0 atom stereocenters. The van der Waals surface area contributed by atoms with Crippen LogP contribution in [0.15, 0.2) is 35.4 Å². The third-order valence-corrected chi connectivity index (χ3v) is 5.22. The van der Waals surface area contributed by atoms with E-state index in [1.54, 1.807) is 30.9 Å². The Balaban J connectivity index is 1.88. The fourth-order valence-electron chi connectivity index (χ4n) is 3.07. The summed E-state index contributed by atoms with van der Waals surface area (Å²) in [6.45, 7) is 2.99. The van der Waals surface area contributed by atoms with Crippen molar-refractivity contribution in [1.82, 2.24) is 9.47 Å². The molecule has 2 aromatic rings. The zero-order chi connectivity index (χ0) is 20.1. The molecule has 8 heteroatoms. The van der Waals surface area contributed by atoms with Crippen LogP contribution in [0, 0.1) is 0 Å². The van der Waals surface area contributed by atoms with Crippen molar-refractivity contribution in [1.29, 1.82) is 0 Å². The van der Waals surface area contributed by atoms with Crippen LogP contribution in [-0.2, 0) is 25.6 Å². The van der Waals surface area contributed by atoms with Gasteiger partial charge in [-0.25, -0.2) is 0 Å². The lowest BCUT2D eigenvalue weighted by Crippen LogP contribution is -2.29. The standard InChI is InChI=1S/C20H22N2O5S/c1-3-27-18(23)13-21-12-14(15-7-4-5-8-16(15)21)11-17-19(24)22(20(25)28-17)9-6-10-26-2/h4-5,7-8,11-12H,3,6,9-10,13H2,1-2H3/b17-11+. The summed E-state index contributed by atoms with van der Waals surface area (Å²) in [7, 11) is 1.58. The highest BCUT2D eigenvalue weighted by atomic mass is 32.2. The Morgan fingerprint density at radius 2 is 2.04 bits per heavy atom. The van der Waals surface area contributed by atoms with Crippen LogP contribution in [0.25, 0.3) is 17.0 Å². The molecular weight excluding hydrogens is 380 g/mol. The van der Waals surface area contributed by atoms with Crippen molar-refractivity contribution in [3.05, 3.63) is 40.9 Å². The van der Waals surface area contributed by atoms with Crippen molar-refractivity contribution in [2.24, 2.45) is 0 Å². The molecule has 28 heavy (non-hydrogen) atoms. The molecular formula is C20H22N2O5S. The maximum absolute atomic E-state index is 12.6. The first-order valence-corrected chi connectivity index (χ1v) is 9.84. The second-order valence-corrected chi connectivity index (χ2v) is 7.21. The Labute approximate surface area is 167 Å². The van der Waals surface area contributed by atoms with Crippen LogP contribution in [0.4, 0.5) is 4.79 Å². The molecule has 1 aromatic heterocycles. The van der Waals surface area contributed by atoms with Gasteiger partial charge in [-0.3, -0.25) is 19.3 Å². The summed E-state index contributed by atoms with van der Waals surface area (Å²) in [5.41, 5.74) is 1.64. The number of methoxy groups -OCH3 is 1. The van der Waals surface area contributed by atoms with Crippen LogP contribution in [0.3, 0.4) is 0 Å². The van der Waals surface area contributed by atoms with E-state index < -0.39 is 0 Å². The number of hydrogen-bond donors (Lipinski definition) is 0. The number of fused-ring (bicyclic) bond motifs is 1. The monoisotopic (exact) mass is 402 g/mol. The van der Waals surface area contributed by atoms with E-state index >= 15 is 0 Å². The van der Waals surface area contributed by atoms with Gasteiger partial charge in [0.05, 0.1) is 11.5 Å². The Bertz CT molecular complexity index is 934. The number of nitrogens with zero attached hydrogens (tertiary/aromatic N) is 2. The number of para-hydroxylation sites is 1. The summed E-state index contributed by atoms with van der Waals surface area (Å²) in [5.74, 6) is -0.624. The molecule has 0 spiro atoms. The van der Waals surface area contributed by atoms with Crippen molar-refractivity contribution in [3.8, 4) is 0 Å². The van der Waals surface area contributed by atoms with Crippen molar-refractivity contribution >= 4 is 45.9 Å². The molecule has 0 unspecified atom stereocenters. The second kappa shape index (κ2) is 9.07. The Hall–Kier alpha value is -2.58. The van der Waals surface area contributed by atoms with Crippen molar-refractivity contribution < 1.29 is 23.9 Å². The topological polar surface area (TPSA) is 77.8 Å². The van der Waals surface area contributed by atoms with Gasteiger partial charge >= 0.3 is 5.97 Å². The molecule has 148 valence electrons. The molecule has 0 aliphatic carbocycles. The van der Waals surface area contributed by atoms with Gasteiger partial charge < -0.3 is 14.0 Å². The first kappa shape index (κ1) is 20.2. The number of ether oxygens (including phenoxy) is 2. The normalized spacial score (nSPS) is 15.8. The molecule has 2 heterocycles. The highest BCUT2D eigenvalue weighted by Crippen LogP contribution is 2.34. The number of aromatic nitrogens is 1. The highest BCUT2D eigenvalue weighted by molar-refractivity contribution is 8.18. The smallest absolute Gasteiger partial charge is 0.325 e. The lowest BCUT2D eigenvalue weighted by Gasteiger charge is -2.11. The van der Waals surface area contributed by atoms with Gasteiger partial charge in [0, 0.05) is 42.9 Å². The fourth-order valence-corrected chi connectivity index (χ4v) is 3.92. The van der Waals surface area contributed by atoms with Gasteiger partial charge in [-0.05, 0) is 37.2 Å². The number of hydrogen-bond acceptors (Lipinski definition) is 6. The van der Waals surface area contributed by atoms with Crippen molar-refractivity contribution in [2.45, 2.75) is 19.9 Å². The van der Waals surface area contributed by atoms with Crippen molar-refractivity contribution in [3.63, 3.8) is 0 Å². The summed E-state index contributed by atoms with van der Waals surface area (Å²) >= 11 is 0.931. The molecule has 1 fully saturated rings. The van der Waals surface area contributed by atoms with Gasteiger partial charge in [0.1, 0.15) is 6.54 Å². The number of imide groups is 1. The minimum atomic E-state index is -0.326. The molecule has 0 bridgehead atoms. The van der Waals surface area contributed by atoms with E-state index in [4.69, 9.17) is 9.47 Å². The van der Waals surface area contributed by atoms with Gasteiger partial charge in [-0.2, -0.15) is 0 Å². The van der Waals surface area contributed by atoms with E-state index in [-0.39, 0.29) is 23.7 Å². The molecule has 3 rings (SSSR count). The summed E-state index contributed by atoms with van der Waals surface area (Å²) in [6.07, 6.45) is 4.12. The molecule has 1 aliphatic rings. The van der Waals surface area contributed by atoms with Crippen LogP contribution in [0.1, 0.15) is 18.9 Å². The first-order valence-electron chi connectivity index (χ1n) is 9.03. The molecule has 1 aromatic carbocycles. The predicted octanol–water partition coefficient (Wildman–Crippen LogP) is 3.28. The quantitative estimate of drug-likeness (QED) is 0.383. The molecule has 0 radical (unpaired) electrons. The minimum absolute atomic E-state index is 0.0840. The van der Waals surface area contributed by atoms with E-state index in [0.29, 0.717) is 31.1 Å². The van der Waals surface area contributed by atoms with Crippen LogP contribution >= 0.6 is 11.8 Å². The van der Waals surface area contributed by atoms with Crippen LogP contribution in [-0.4, -0.2) is 53.5 Å². The number of carbonyl (C=O) groups is 3. The van der Waals surface area contributed by atoms with E-state index in [2.05, 4.69) is 0 Å². The largest absolute Gasteiger partial charge is 0.465 e. The average molecular weight is 402 g/mol. The lowest BCUT2D eigenvalue weighted by molar-refractivity contribution is -0.143. The first-order chi connectivity index (χ1) is 13.5. The molecule has 2 amide bonds. The summed E-state index contributed by atoms with van der Waals surface area (Å²) in [4.78, 5) is 38.3. The third kappa shape index (κ3) is 4.28. The molecule has 7 nitrogen and oxygen atoms in total. The number of rotatable bonds is 8. The van der Waals surface area contributed by atoms with Crippen LogP contribution < -0.4 is 0 Å². The minimum Gasteiger partial charge on any atom is -0.465 e. The van der Waals surface area contributed by atoms with Crippen molar-refractivity contribution in [2.75, 3.05) is 26.9 Å². The Morgan fingerprint density at radius 1 is 1.25 bits per heavy atom. The van der Waals surface area contributed by atoms with E-state index in [0.717, 1.165) is 28.2 Å². The zero-order valence-corrected chi connectivity index (χ0v) is 16.7. The average Bonchev–Trinajstić information content (AvgIpc) is 3.14. The fraction of sp³-hybridized carbons (Fsp3) is 0.350. The van der Waals surface area contributed by atoms with Gasteiger partial charge in [-0.15, -0.1) is 0 Å². The molecule has 0 saturated carbocycles. The van der Waals surface area contributed by atoms with E-state index in [9.17, 15) is 14.4 Å². The highest BCUT2D eigenvalue weighted by Gasteiger charge is 2.34. The summed E-state index contributed by atoms with van der Waals surface area (Å²) in [5, 5.41) is 0.626. The van der Waals surface area contributed by atoms with Crippen LogP contribution in [0.2, 0.25) is 0 Å². The molecule has 1 aliphatic heterocycles. The van der Waals surface area contributed by atoms with E-state index in [1.807, 2.05) is 24.3 Å². The van der Waals surface area contributed by atoms with Gasteiger partial charge in [-0.1, -0.05) is 18.2 Å². The zero-order valence-electron chi connectivity index (χ0n) is 15.8. The Morgan fingerprint density at radius 3 is 2.79 bits per heavy atom. The summed E-state index contributed by atoms with van der Waals surface area (Å²) < 4.78 is 11.8. The maximum atomic E-state index is 12.6. The third-order valence-electron chi connectivity index (χ3n) is 4.31. The number of esters is 1. The maximum Gasteiger partial charge on any atom is 0.325 e. The Kier molecular flexibility index (Phi) is 6.53. The summed E-state index contributed by atoms with van der Waals surface area (Å²) in [6, 6.07) is 7.61. The van der Waals surface area contributed by atoms with Gasteiger partial charge in [0.25, 0.3) is 11.1 Å². The second-order valence-electron chi connectivity index (χ2n) is 6.21.